The zero-order valence-corrected chi connectivity index (χ0v) is 14.1. The van der Waals surface area contributed by atoms with Gasteiger partial charge in [0.15, 0.2) is 0 Å². The Morgan fingerprint density at radius 3 is 2.38 bits per heavy atom. The van der Waals surface area contributed by atoms with Crippen LogP contribution in [0.4, 0.5) is 5.69 Å². The smallest absolute Gasteiger partial charge is 0.233 e. The third-order valence-electron chi connectivity index (χ3n) is 5.17. The fourth-order valence-corrected chi connectivity index (χ4v) is 3.83. The zero-order chi connectivity index (χ0) is 17.1. The van der Waals surface area contributed by atoms with Crippen molar-refractivity contribution in [2.24, 2.45) is 11.8 Å². The van der Waals surface area contributed by atoms with E-state index in [9.17, 15) is 14.4 Å². The predicted octanol–water partition coefficient (Wildman–Crippen LogP) is 2.75. The predicted molar refractivity (Wildman–Crippen MR) is 91.2 cm³/mol. The molecule has 1 aliphatic heterocycles. The third kappa shape index (κ3) is 3.21. The number of hydrogen-bond acceptors (Lipinski definition) is 3. The summed E-state index contributed by atoms with van der Waals surface area (Å²) in [4.78, 5) is 38.3. The van der Waals surface area contributed by atoms with E-state index in [1.807, 2.05) is 31.2 Å². The summed E-state index contributed by atoms with van der Waals surface area (Å²) in [5.74, 6) is -0.602. The summed E-state index contributed by atoms with van der Waals surface area (Å²) in [5, 5.41) is 2.89. The molecular weight excluding hydrogens is 304 g/mol. The highest BCUT2D eigenvalue weighted by atomic mass is 16.2. The number of nitrogens with zero attached hydrogens (tertiary/aromatic N) is 1. The second-order valence-electron chi connectivity index (χ2n) is 6.63. The van der Waals surface area contributed by atoms with E-state index in [0.29, 0.717) is 0 Å². The van der Waals surface area contributed by atoms with Gasteiger partial charge in [0.25, 0.3) is 0 Å². The highest BCUT2D eigenvalue weighted by Crippen LogP contribution is 2.37. The number of hydrogen-bond donors (Lipinski definition) is 1. The Labute approximate surface area is 142 Å². The summed E-state index contributed by atoms with van der Waals surface area (Å²) in [6.45, 7) is 2.22. The molecule has 1 aromatic rings. The number of fused-ring (bicyclic) bond motifs is 1. The lowest BCUT2D eigenvalue weighted by atomic mass is 9.81. The molecule has 1 N–H and O–H groups in total. The van der Waals surface area contributed by atoms with Gasteiger partial charge in [-0.3, -0.25) is 19.3 Å². The molecule has 2 fully saturated rings. The summed E-state index contributed by atoms with van der Waals surface area (Å²) in [7, 11) is 0. The zero-order valence-electron chi connectivity index (χ0n) is 14.1. The van der Waals surface area contributed by atoms with Gasteiger partial charge in [0.2, 0.25) is 17.7 Å². The number of benzene rings is 1. The fourth-order valence-electron chi connectivity index (χ4n) is 3.83. The van der Waals surface area contributed by atoms with Crippen LogP contribution in [0, 0.1) is 11.8 Å². The molecule has 1 saturated carbocycles. The van der Waals surface area contributed by atoms with Crippen LogP contribution in [0.3, 0.4) is 0 Å². The maximum absolute atomic E-state index is 12.4. The Morgan fingerprint density at radius 2 is 1.75 bits per heavy atom. The minimum Gasteiger partial charge on any atom is -0.326 e. The quantitative estimate of drug-likeness (QED) is 0.845. The van der Waals surface area contributed by atoms with Crippen molar-refractivity contribution in [3.63, 3.8) is 0 Å². The van der Waals surface area contributed by atoms with E-state index in [4.69, 9.17) is 0 Å². The summed E-state index contributed by atoms with van der Waals surface area (Å²) in [5.41, 5.74) is 1.88. The van der Waals surface area contributed by atoms with Crippen molar-refractivity contribution in [3.05, 3.63) is 29.8 Å². The number of carbonyl (C=O) groups is 3. The minimum absolute atomic E-state index is 0.0774. The standard InChI is InChI=1S/C19H24N2O3/c1-2-13-7-3-6-10-16(13)20-17(22)11-12-21-18(23)14-8-4-5-9-15(14)19(21)24/h3,6-7,10,14-15H,2,4-5,8-9,11-12H2,1H3,(H,20,22). The van der Waals surface area contributed by atoms with Crippen LogP contribution < -0.4 is 5.32 Å². The lowest BCUT2D eigenvalue weighted by molar-refractivity contribution is -0.140. The molecule has 2 atom stereocenters. The number of para-hydroxylation sites is 1. The van der Waals surface area contributed by atoms with Crippen LogP contribution in [0.25, 0.3) is 0 Å². The molecule has 1 aromatic carbocycles. The van der Waals surface area contributed by atoms with Gasteiger partial charge in [-0.05, 0) is 30.9 Å². The number of carbonyl (C=O) groups excluding carboxylic acids is 3. The van der Waals surface area contributed by atoms with Crippen LogP contribution in [-0.2, 0) is 20.8 Å². The van der Waals surface area contributed by atoms with E-state index in [0.717, 1.165) is 43.4 Å². The van der Waals surface area contributed by atoms with Crippen LogP contribution in [0.1, 0.15) is 44.6 Å². The normalized spacial score (nSPS) is 23.3. The van der Waals surface area contributed by atoms with E-state index in [1.165, 1.54) is 4.90 Å². The first-order valence-corrected chi connectivity index (χ1v) is 8.84. The second-order valence-corrected chi connectivity index (χ2v) is 6.63. The largest absolute Gasteiger partial charge is 0.326 e. The maximum atomic E-state index is 12.4. The molecule has 0 spiro atoms. The topological polar surface area (TPSA) is 66.5 Å². The lowest BCUT2D eigenvalue weighted by Gasteiger charge is -2.19. The highest BCUT2D eigenvalue weighted by molar-refractivity contribution is 6.05. The molecule has 5 heteroatoms. The molecule has 0 aromatic heterocycles. The number of likely N-dealkylation sites (tertiary alicyclic amines) is 1. The van der Waals surface area contributed by atoms with E-state index in [1.54, 1.807) is 0 Å². The maximum Gasteiger partial charge on any atom is 0.233 e. The number of imide groups is 1. The van der Waals surface area contributed by atoms with E-state index in [2.05, 4.69) is 5.32 Å². The Bertz CT molecular complexity index is 632. The molecule has 3 amide bonds. The van der Waals surface area contributed by atoms with Crippen LogP contribution in [0.15, 0.2) is 24.3 Å². The Balaban J connectivity index is 1.58. The molecule has 0 bridgehead atoms. The molecule has 2 aliphatic rings. The van der Waals surface area contributed by atoms with E-state index < -0.39 is 0 Å². The van der Waals surface area contributed by atoms with Crippen molar-refractivity contribution in [1.29, 1.82) is 0 Å². The van der Waals surface area contributed by atoms with Gasteiger partial charge in [0.1, 0.15) is 0 Å². The summed E-state index contributed by atoms with van der Waals surface area (Å²) < 4.78 is 0. The summed E-state index contributed by atoms with van der Waals surface area (Å²) in [6, 6.07) is 7.68. The Hall–Kier alpha value is -2.17. The minimum atomic E-state index is -0.161. The first kappa shape index (κ1) is 16.7. The number of amides is 3. The second kappa shape index (κ2) is 7.16. The van der Waals surface area contributed by atoms with Gasteiger partial charge >= 0.3 is 0 Å². The molecule has 3 rings (SSSR count). The van der Waals surface area contributed by atoms with Crippen molar-refractivity contribution in [2.75, 3.05) is 11.9 Å². The molecule has 128 valence electrons. The fraction of sp³-hybridized carbons (Fsp3) is 0.526. The van der Waals surface area contributed by atoms with Gasteiger partial charge in [0.05, 0.1) is 11.8 Å². The first-order valence-electron chi connectivity index (χ1n) is 8.84. The number of anilines is 1. The molecule has 1 heterocycles. The van der Waals surface area contributed by atoms with Crippen molar-refractivity contribution in [3.8, 4) is 0 Å². The molecule has 24 heavy (non-hydrogen) atoms. The van der Waals surface area contributed by atoms with E-state index >= 15 is 0 Å². The molecule has 2 unspecified atom stereocenters. The van der Waals surface area contributed by atoms with Gasteiger partial charge in [-0.25, -0.2) is 0 Å². The van der Waals surface area contributed by atoms with E-state index in [-0.39, 0.29) is 42.5 Å². The van der Waals surface area contributed by atoms with Gasteiger partial charge in [-0.15, -0.1) is 0 Å². The third-order valence-corrected chi connectivity index (χ3v) is 5.17. The molecule has 5 nitrogen and oxygen atoms in total. The molecule has 0 radical (unpaired) electrons. The lowest BCUT2D eigenvalue weighted by Crippen LogP contribution is -2.34. The number of nitrogens with one attached hydrogen (secondary N) is 1. The van der Waals surface area contributed by atoms with Gasteiger partial charge < -0.3 is 5.32 Å². The van der Waals surface area contributed by atoms with Crippen LogP contribution in [-0.4, -0.2) is 29.2 Å². The van der Waals surface area contributed by atoms with Crippen molar-refractivity contribution in [2.45, 2.75) is 45.4 Å². The Morgan fingerprint density at radius 1 is 1.12 bits per heavy atom. The number of aryl methyl sites for hydroxylation is 1. The van der Waals surface area contributed by atoms with Gasteiger partial charge in [-0.2, -0.15) is 0 Å². The average Bonchev–Trinajstić information content (AvgIpc) is 2.85. The van der Waals surface area contributed by atoms with Gasteiger partial charge in [0, 0.05) is 18.7 Å². The van der Waals surface area contributed by atoms with Crippen molar-refractivity contribution < 1.29 is 14.4 Å². The van der Waals surface area contributed by atoms with Crippen molar-refractivity contribution >= 4 is 23.4 Å². The monoisotopic (exact) mass is 328 g/mol. The van der Waals surface area contributed by atoms with Gasteiger partial charge in [-0.1, -0.05) is 38.0 Å². The highest BCUT2D eigenvalue weighted by Gasteiger charge is 2.47. The molecule has 1 aliphatic carbocycles. The Kier molecular flexibility index (Phi) is 4.97. The molecule has 1 saturated heterocycles. The summed E-state index contributed by atoms with van der Waals surface area (Å²) >= 11 is 0. The molecular formula is C19H24N2O3. The summed E-state index contributed by atoms with van der Waals surface area (Å²) in [6.07, 6.45) is 4.63. The van der Waals surface area contributed by atoms with Crippen LogP contribution >= 0.6 is 0 Å². The number of rotatable bonds is 5. The van der Waals surface area contributed by atoms with Crippen LogP contribution in [0.5, 0.6) is 0 Å². The van der Waals surface area contributed by atoms with Crippen LogP contribution in [0.2, 0.25) is 0 Å². The SMILES string of the molecule is CCc1ccccc1NC(=O)CCN1C(=O)C2CCCCC2C1=O. The first-order chi connectivity index (χ1) is 11.6. The average molecular weight is 328 g/mol. The van der Waals surface area contributed by atoms with Crippen molar-refractivity contribution in [1.82, 2.24) is 4.90 Å².